The highest BCUT2D eigenvalue weighted by Gasteiger charge is 2.17. The summed E-state index contributed by atoms with van der Waals surface area (Å²) in [6.07, 6.45) is 0.853. The van der Waals surface area contributed by atoms with Crippen LogP contribution in [0.15, 0.2) is 6.07 Å². The predicted octanol–water partition coefficient (Wildman–Crippen LogP) is 0.532. The summed E-state index contributed by atoms with van der Waals surface area (Å²) >= 11 is 0. The van der Waals surface area contributed by atoms with E-state index in [0.29, 0.717) is 24.0 Å². The van der Waals surface area contributed by atoms with Crippen molar-refractivity contribution in [1.82, 2.24) is 15.1 Å². The van der Waals surface area contributed by atoms with Crippen LogP contribution in [0.3, 0.4) is 0 Å². The fourth-order valence-corrected chi connectivity index (χ4v) is 1.79. The van der Waals surface area contributed by atoms with Gasteiger partial charge in [0.05, 0.1) is 7.11 Å². The van der Waals surface area contributed by atoms with Gasteiger partial charge in [0, 0.05) is 25.7 Å². The smallest absolute Gasteiger partial charge is 0.272 e. The minimum atomic E-state index is -0.218. The molecule has 1 atom stereocenters. The molecule has 1 aromatic heterocycles. The number of aryl methyl sites for hydroxylation is 1. The number of methoxy groups -OCH3 is 1. The Bertz CT molecular complexity index is 401. The number of carbonyl (C=O) groups excluding carboxylic acids is 1. The maximum absolute atomic E-state index is 12.0. The molecule has 0 radical (unpaired) electrons. The monoisotopic (exact) mass is 254 g/mol. The number of ether oxygens (including phenoxy) is 1. The van der Waals surface area contributed by atoms with Gasteiger partial charge in [0.2, 0.25) is 5.88 Å². The van der Waals surface area contributed by atoms with Gasteiger partial charge < -0.3 is 15.8 Å². The van der Waals surface area contributed by atoms with E-state index in [1.165, 1.54) is 4.68 Å². The van der Waals surface area contributed by atoms with E-state index in [-0.39, 0.29) is 11.9 Å². The molecule has 0 aliphatic heterocycles. The summed E-state index contributed by atoms with van der Waals surface area (Å²) in [6.45, 7) is 4.62. The van der Waals surface area contributed by atoms with Crippen molar-refractivity contribution in [1.29, 1.82) is 0 Å². The highest BCUT2D eigenvalue weighted by molar-refractivity contribution is 5.92. The Morgan fingerprint density at radius 3 is 2.72 bits per heavy atom. The van der Waals surface area contributed by atoms with E-state index in [2.05, 4.69) is 24.3 Å². The normalized spacial score (nSPS) is 12.6. The zero-order chi connectivity index (χ0) is 13.7. The third kappa shape index (κ3) is 3.73. The first-order valence-electron chi connectivity index (χ1n) is 6.06. The maximum atomic E-state index is 12.0. The van der Waals surface area contributed by atoms with Crippen LogP contribution in [0.2, 0.25) is 0 Å². The molecule has 0 saturated carbocycles. The van der Waals surface area contributed by atoms with Crippen LogP contribution in [-0.4, -0.2) is 35.4 Å². The molecule has 1 unspecified atom stereocenters. The van der Waals surface area contributed by atoms with Gasteiger partial charge in [-0.1, -0.05) is 13.8 Å². The van der Waals surface area contributed by atoms with Crippen LogP contribution in [-0.2, 0) is 7.05 Å². The van der Waals surface area contributed by atoms with Crippen molar-refractivity contribution in [3.05, 3.63) is 11.8 Å². The van der Waals surface area contributed by atoms with Gasteiger partial charge >= 0.3 is 0 Å². The summed E-state index contributed by atoms with van der Waals surface area (Å²) in [5, 5.41) is 6.97. The SMILES string of the molecule is COc1cc(C(=O)NC(CN)CC(C)C)nn1C. The van der Waals surface area contributed by atoms with Crippen LogP contribution in [0, 0.1) is 5.92 Å². The van der Waals surface area contributed by atoms with E-state index in [1.807, 2.05) is 0 Å². The molecule has 18 heavy (non-hydrogen) atoms. The lowest BCUT2D eigenvalue weighted by atomic mass is 10.0. The third-order valence-corrected chi connectivity index (χ3v) is 2.65. The number of aromatic nitrogens is 2. The van der Waals surface area contributed by atoms with Gasteiger partial charge in [-0.25, -0.2) is 4.68 Å². The number of hydrogen-bond acceptors (Lipinski definition) is 4. The summed E-state index contributed by atoms with van der Waals surface area (Å²) in [5.41, 5.74) is 5.99. The molecular weight excluding hydrogens is 232 g/mol. The molecule has 1 amide bonds. The van der Waals surface area contributed by atoms with Gasteiger partial charge in [0.25, 0.3) is 5.91 Å². The van der Waals surface area contributed by atoms with Crippen LogP contribution in [0.5, 0.6) is 5.88 Å². The molecule has 6 heteroatoms. The van der Waals surface area contributed by atoms with Crippen LogP contribution < -0.4 is 15.8 Å². The number of nitrogens with one attached hydrogen (secondary N) is 1. The second-order valence-corrected chi connectivity index (χ2v) is 4.73. The van der Waals surface area contributed by atoms with Gasteiger partial charge in [-0.2, -0.15) is 5.10 Å². The second kappa shape index (κ2) is 6.39. The molecule has 0 aliphatic rings. The molecule has 1 heterocycles. The van der Waals surface area contributed by atoms with Crippen molar-refractivity contribution in [3.8, 4) is 5.88 Å². The second-order valence-electron chi connectivity index (χ2n) is 4.73. The fraction of sp³-hybridized carbons (Fsp3) is 0.667. The molecule has 6 nitrogen and oxygen atoms in total. The Morgan fingerprint density at radius 1 is 1.61 bits per heavy atom. The first-order chi connectivity index (χ1) is 8.47. The number of carbonyl (C=O) groups is 1. The van der Waals surface area contributed by atoms with E-state index in [9.17, 15) is 4.79 Å². The molecule has 0 saturated heterocycles. The highest BCUT2D eigenvalue weighted by atomic mass is 16.5. The van der Waals surface area contributed by atoms with E-state index < -0.39 is 0 Å². The minimum absolute atomic E-state index is 0.0227. The van der Waals surface area contributed by atoms with Crippen LogP contribution >= 0.6 is 0 Å². The lowest BCUT2D eigenvalue weighted by Gasteiger charge is -2.17. The Labute approximate surface area is 107 Å². The van der Waals surface area contributed by atoms with Crippen LogP contribution in [0.25, 0.3) is 0 Å². The number of hydrogen-bond donors (Lipinski definition) is 2. The topological polar surface area (TPSA) is 82.2 Å². The largest absolute Gasteiger partial charge is 0.481 e. The first-order valence-corrected chi connectivity index (χ1v) is 6.06. The van der Waals surface area contributed by atoms with E-state index in [4.69, 9.17) is 10.5 Å². The van der Waals surface area contributed by atoms with Gasteiger partial charge in [0.1, 0.15) is 0 Å². The number of rotatable bonds is 6. The molecule has 1 aromatic rings. The molecule has 0 spiro atoms. The Kier molecular flexibility index (Phi) is 5.15. The molecule has 0 fully saturated rings. The van der Waals surface area contributed by atoms with Crippen LogP contribution in [0.4, 0.5) is 0 Å². The molecule has 0 aliphatic carbocycles. The minimum Gasteiger partial charge on any atom is -0.481 e. The molecular formula is C12H22N4O2. The average Bonchev–Trinajstić information content (AvgIpc) is 2.69. The lowest BCUT2D eigenvalue weighted by Crippen LogP contribution is -2.41. The third-order valence-electron chi connectivity index (χ3n) is 2.65. The van der Waals surface area contributed by atoms with E-state index >= 15 is 0 Å². The Hall–Kier alpha value is -1.56. The molecule has 0 bridgehead atoms. The van der Waals surface area contributed by atoms with Gasteiger partial charge in [0.15, 0.2) is 5.69 Å². The summed E-state index contributed by atoms with van der Waals surface area (Å²) in [5.74, 6) is 0.815. The number of nitrogens with zero attached hydrogens (tertiary/aromatic N) is 2. The quantitative estimate of drug-likeness (QED) is 0.776. The summed E-state index contributed by atoms with van der Waals surface area (Å²) in [4.78, 5) is 12.0. The zero-order valence-corrected chi connectivity index (χ0v) is 11.4. The molecule has 0 aromatic carbocycles. The summed E-state index contributed by atoms with van der Waals surface area (Å²) in [6, 6.07) is 1.59. The Morgan fingerprint density at radius 2 is 2.28 bits per heavy atom. The first kappa shape index (κ1) is 14.5. The van der Waals surface area contributed by atoms with Crippen molar-refractivity contribution in [3.63, 3.8) is 0 Å². The van der Waals surface area contributed by atoms with Gasteiger partial charge in [-0.05, 0) is 12.3 Å². The maximum Gasteiger partial charge on any atom is 0.272 e. The van der Waals surface area contributed by atoms with E-state index in [1.54, 1.807) is 20.2 Å². The van der Waals surface area contributed by atoms with Crippen molar-refractivity contribution in [2.45, 2.75) is 26.3 Å². The predicted molar refractivity (Wildman–Crippen MR) is 69.5 cm³/mol. The van der Waals surface area contributed by atoms with E-state index in [0.717, 1.165) is 6.42 Å². The van der Waals surface area contributed by atoms with Gasteiger partial charge in [-0.3, -0.25) is 4.79 Å². The van der Waals surface area contributed by atoms with Crippen LogP contribution in [0.1, 0.15) is 30.8 Å². The number of nitrogens with two attached hydrogens (primary N) is 1. The zero-order valence-electron chi connectivity index (χ0n) is 11.4. The Balaban J connectivity index is 2.68. The highest BCUT2D eigenvalue weighted by Crippen LogP contribution is 2.11. The molecule has 3 N–H and O–H groups in total. The van der Waals surface area contributed by atoms with Crippen molar-refractivity contribution in [2.24, 2.45) is 18.7 Å². The average molecular weight is 254 g/mol. The summed E-state index contributed by atoms with van der Waals surface area (Å²) in [7, 11) is 3.27. The fourth-order valence-electron chi connectivity index (χ4n) is 1.79. The standard InChI is InChI=1S/C12H22N4O2/c1-8(2)5-9(7-13)14-12(17)10-6-11(18-4)16(3)15-10/h6,8-9H,5,7,13H2,1-4H3,(H,14,17). The molecule has 102 valence electrons. The summed E-state index contributed by atoms with van der Waals surface area (Å²) < 4.78 is 6.59. The van der Waals surface area contributed by atoms with Crippen molar-refractivity contribution >= 4 is 5.91 Å². The lowest BCUT2D eigenvalue weighted by molar-refractivity contribution is 0.0928. The van der Waals surface area contributed by atoms with Crippen molar-refractivity contribution < 1.29 is 9.53 Å². The molecule has 1 rings (SSSR count). The van der Waals surface area contributed by atoms with Gasteiger partial charge in [-0.15, -0.1) is 0 Å². The number of amides is 1. The van der Waals surface area contributed by atoms with Crippen molar-refractivity contribution in [2.75, 3.05) is 13.7 Å².